The quantitative estimate of drug-likeness (QED) is 0.313. The van der Waals surface area contributed by atoms with E-state index in [9.17, 15) is 8.78 Å². The SMILES string of the molecule is CC(CC1CCC(CCc2ccc(-c3cc(F)c(Cl)c(F)c3)cc2)CC1)c1ccccc1. The first-order chi connectivity index (χ1) is 15.5. The van der Waals surface area contributed by atoms with Crippen LogP contribution in [0.2, 0.25) is 5.02 Å². The van der Waals surface area contributed by atoms with Crippen molar-refractivity contribution in [2.24, 2.45) is 11.8 Å². The monoisotopic (exact) mass is 452 g/mol. The van der Waals surface area contributed by atoms with Crippen molar-refractivity contribution < 1.29 is 8.78 Å². The molecule has 0 saturated heterocycles. The Hall–Kier alpha value is -2.19. The molecule has 0 N–H and O–H groups in total. The predicted octanol–water partition coefficient (Wildman–Crippen LogP) is 9.22. The van der Waals surface area contributed by atoms with Gasteiger partial charge in [0, 0.05) is 0 Å². The Bertz CT molecular complexity index is 982. The predicted molar refractivity (Wildman–Crippen MR) is 130 cm³/mol. The molecule has 3 aromatic rings. The highest BCUT2D eigenvalue weighted by atomic mass is 35.5. The molecule has 0 heterocycles. The Kier molecular flexibility index (Phi) is 7.63. The number of halogens is 3. The van der Waals surface area contributed by atoms with Crippen LogP contribution >= 0.6 is 11.6 Å². The number of hydrogen-bond acceptors (Lipinski definition) is 0. The van der Waals surface area contributed by atoms with Crippen molar-refractivity contribution in [1.29, 1.82) is 0 Å². The van der Waals surface area contributed by atoms with Crippen molar-refractivity contribution >= 4 is 11.6 Å². The summed E-state index contributed by atoms with van der Waals surface area (Å²) in [6, 6.07) is 21.5. The minimum absolute atomic E-state index is 0.449. The maximum atomic E-state index is 13.7. The van der Waals surface area contributed by atoms with Gasteiger partial charge in [-0.2, -0.15) is 0 Å². The molecule has 3 heteroatoms. The van der Waals surface area contributed by atoms with Crippen LogP contribution in [-0.2, 0) is 6.42 Å². The summed E-state index contributed by atoms with van der Waals surface area (Å²) in [5.74, 6) is 0.844. The second-order valence-electron chi connectivity index (χ2n) is 9.42. The van der Waals surface area contributed by atoms with Gasteiger partial charge in [-0.3, -0.25) is 0 Å². The van der Waals surface area contributed by atoms with Crippen LogP contribution in [0.4, 0.5) is 8.78 Å². The first-order valence-corrected chi connectivity index (χ1v) is 12.2. The lowest BCUT2D eigenvalue weighted by molar-refractivity contribution is 0.245. The van der Waals surface area contributed by atoms with Crippen molar-refractivity contribution in [3.8, 4) is 11.1 Å². The number of benzene rings is 3. The lowest BCUT2D eigenvalue weighted by Crippen LogP contribution is -2.16. The topological polar surface area (TPSA) is 0 Å². The standard InChI is InChI=1S/C29H31ClF2/c1-20(24-5-3-2-4-6-24)17-23-11-9-21(10-12-23)7-8-22-13-15-25(16-14-22)26-18-27(31)29(30)28(32)19-26/h2-6,13-16,18-21,23H,7-12,17H2,1H3. The zero-order valence-corrected chi connectivity index (χ0v) is 19.4. The van der Waals surface area contributed by atoms with Crippen LogP contribution in [-0.4, -0.2) is 0 Å². The Balaban J connectivity index is 1.24. The van der Waals surface area contributed by atoms with E-state index < -0.39 is 16.7 Å². The molecule has 1 unspecified atom stereocenters. The highest BCUT2D eigenvalue weighted by Gasteiger charge is 2.23. The van der Waals surface area contributed by atoms with Crippen LogP contribution < -0.4 is 0 Å². The van der Waals surface area contributed by atoms with Crippen molar-refractivity contribution in [2.75, 3.05) is 0 Å². The zero-order valence-electron chi connectivity index (χ0n) is 18.7. The zero-order chi connectivity index (χ0) is 22.5. The summed E-state index contributed by atoms with van der Waals surface area (Å²) in [7, 11) is 0. The van der Waals surface area contributed by atoms with E-state index in [0.29, 0.717) is 11.5 Å². The van der Waals surface area contributed by atoms with Crippen LogP contribution in [0, 0.1) is 23.5 Å². The summed E-state index contributed by atoms with van der Waals surface area (Å²) >= 11 is 5.59. The second-order valence-corrected chi connectivity index (χ2v) is 9.80. The molecule has 0 aliphatic heterocycles. The number of rotatable bonds is 7. The van der Waals surface area contributed by atoms with E-state index in [0.717, 1.165) is 23.8 Å². The van der Waals surface area contributed by atoms with Gasteiger partial charge in [0.15, 0.2) is 0 Å². The fourth-order valence-corrected chi connectivity index (χ4v) is 5.24. The Morgan fingerprint density at radius 3 is 2.03 bits per heavy atom. The van der Waals surface area contributed by atoms with Crippen molar-refractivity contribution in [3.05, 3.63) is 94.5 Å². The normalized spacial score (nSPS) is 19.6. The summed E-state index contributed by atoms with van der Waals surface area (Å²) in [6.45, 7) is 2.36. The molecule has 0 amide bonds. The van der Waals surface area contributed by atoms with E-state index in [2.05, 4.69) is 49.4 Å². The first kappa shape index (κ1) is 23.0. The summed E-state index contributed by atoms with van der Waals surface area (Å²) in [5, 5.41) is -0.449. The van der Waals surface area contributed by atoms with Gasteiger partial charge >= 0.3 is 0 Å². The van der Waals surface area contributed by atoms with E-state index >= 15 is 0 Å². The molecule has 1 aliphatic rings. The third-order valence-electron chi connectivity index (χ3n) is 7.13. The van der Waals surface area contributed by atoms with E-state index in [4.69, 9.17) is 11.6 Å². The summed E-state index contributed by atoms with van der Waals surface area (Å²) in [6.07, 6.45) is 8.90. The highest BCUT2D eigenvalue weighted by Crippen LogP contribution is 2.37. The van der Waals surface area contributed by atoms with Crippen LogP contribution in [0.15, 0.2) is 66.7 Å². The molecule has 1 atom stereocenters. The minimum atomic E-state index is -0.723. The largest absolute Gasteiger partial charge is 0.205 e. The third-order valence-corrected chi connectivity index (χ3v) is 7.50. The molecule has 1 fully saturated rings. The van der Waals surface area contributed by atoms with Crippen molar-refractivity contribution in [1.82, 2.24) is 0 Å². The Morgan fingerprint density at radius 1 is 0.812 bits per heavy atom. The average molecular weight is 453 g/mol. The van der Waals surface area contributed by atoms with Crippen LogP contribution in [0.5, 0.6) is 0 Å². The van der Waals surface area contributed by atoms with Gasteiger partial charge in [-0.1, -0.05) is 98.8 Å². The van der Waals surface area contributed by atoms with E-state index in [-0.39, 0.29) is 0 Å². The average Bonchev–Trinajstić information content (AvgIpc) is 2.82. The van der Waals surface area contributed by atoms with Gasteiger partial charge in [-0.15, -0.1) is 0 Å². The van der Waals surface area contributed by atoms with Crippen LogP contribution in [0.25, 0.3) is 11.1 Å². The molecule has 0 aromatic heterocycles. The maximum Gasteiger partial charge on any atom is 0.145 e. The Morgan fingerprint density at radius 2 is 1.41 bits per heavy atom. The maximum absolute atomic E-state index is 13.7. The van der Waals surface area contributed by atoms with E-state index in [1.807, 2.05) is 12.1 Å². The van der Waals surface area contributed by atoms with Gasteiger partial charge in [-0.25, -0.2) is 8.78 Å². The fourth-order valence-electron chi connectivity index (χ4n) is 5.13. The first-order valence-electron chi connectivity index (χ1n) is 11.8. The van der Waals surface area contributed by atoms with Crippen LogP contribution in [0.3, 0.4) is 0 Å². The summed E-state index contributed by atoms with van der Waals surface area (Å²) < 4.78 is 27.5. The van der Waals surface area contributed by atoms with Gasteiger partial charge in [0.25, 0.3) is 0 Å². The number of hydrogen-bond donors (Lipinski definition) is 0. The molecule has 32 heavy (non-hydrogen) atoms. The molecular formula is C29H31ClF2. The molecule has 0 bridgehead atoms. The second kappa shape index (κ2) is 10.6. The third kappa shape index (κ3) is 5.78. The number of aryl methyl sites for hydroxylation is 1. The van der Waals surface area contributed by atoms with Crippen LogP contribution in [0.1, 0.15) is 62.5 Å². The smallest absolute Gasteiger partial charge is 0.145 e. The molecule has 168 valence electrons. The van der Waals surface area contributed by atoms with Gasteiger partial charge in [0.05, 0.1) is 0 Å². The minimum Gasteiger partial charge on any atom is -0.205 e. The Labute approximate surface area is 195 Å². The lowest BCUT2D eigenvalue weighted by Gasteiger charge is -2.30. The lowest BCUT2D eigenvalue weighted by atomic mass is 9.75. The molecule has 0 spiro atoms. The van der Waals surface area contributed by atoms with E-state index in [1.165, 1.54) is 61.8 Å². The van der Waals surface area contributed by atoms with Crippen molar-refractivity contribution in [2.45, 2.75) is 57.8 Å². The molecular weight excluding hydrogens is 422 g/mol. The van der Waals surface area contributed by atoms with Gasteiger partial charge in [0.1, 0.15) is 16.7 Å². The molecule has 3 aromatic carbocycles. The van der Waals surface area contributed by atoms with Crippen molar-refractivity contribution in [3.63, 3.8) is 0 Å². The van der Waals surface area contributed by atoms with Gasteiger partial charge in [0.2, 0.25) is 0 Å². The van der Waals surface area contributed by atoms with Gasteiger partial charge < -0.3 is 0 Å². The fraction of sp³-hybridized carbons (Fsp3) is 0.379. The molecule has 0 nitrogen and oxygen atoms in total. The summed E-state index contributed by atoms with van der Waals surface area (Å²) in [5.41, 5.74) is 4.06. The van der Waals surface area contributed by atoms with Gasteiger partial charge in [-0.05, 0) is 71.4 Å². The molecule has 1 aliphatic carbocycles. The molecule has 1 saturated carbocycles. The van der Waals surface area contributed by atoms with E-state index in [1.54, 1.807) is 0 Å². The molecule has 0 radical (unpaired) electrons. The molecule has 4 rings (SSSR count). The highest BCUT2D eigenvalue weighted by molar-refractivity contribution is 6.31. The summed E-state index contributed by atoms with van der Waals surface area (Å²) in [4.78, 5) is 0.